The molecule has 0 bridgehead atoms. The lowest BCUT2D eigenvalue weighted by Crippen LogP contribution is -2.57. The zero-order chi connectivity index (χ0) is 18.4. The van der Waals surface area contributed by atoms with Crippen molar-refractivity contribution in [3.8, 4) is 0 Å². The average Bonchev–Trinajstić information content (AvgIpc) is 3.04. The average molecular weight is 361 g/mol. The summed E-state index contributed by atoms with van der Waals surface area (Å²) >= 11 is 0. The molecule has 26 heavy (non-hydrogen) atoms. The van der Waals surface area contributed by atoms with Gasteiger partial charge in [0.05, 0.1) is 18.7 Å². The Kier molecular flexibility index (Phi) is 6.66. The van der Waals surface area contributed by atoms with Crippen molar-refractivity contribution in [3.63, 3.8) is 0 Å². The number of aromatic nitrogens is 2. The maximum atomic E-state index is 12.4. The number of nitrogens with one attached hydrogen (secondary N) is 2. The summed E-state index contributed by atoms with van der Waals surface area (Å²) in [4.78, 5) is 26.9. The lowest BCUT2D eigenvalue weighted by Gasteiger charge is -2.37. The van der Waals surface area contributed by atoms with Crippen molar-refractivity contribution in [2.24, 2.45) is 13.0 Å². The third kappa shape index (κ3) is 5.30. The van der Waals surface area contributed by atoms with Gasteiger partial charge < -0.3 is 10.6 Å². The molecule has 0 spiro atoms. The van der Waals surface area contributed by atoms with Crippen LogP contribution in [0.15, 0.2) is 12.4 Å². The minimum absolute atomic E-state index is 0.00512. The predicted octanol–water partition coefficient (Wildman–Crippen LogP) is 0.850. The molecule has 2 heterocycles. The van der Waals surface area contributed by atoms with Crippen molar-refractivity contribution in [2.45, 2.75) is 51.0 Å². The van der Waals surface area contributed by atoms with E-state index in [-0.39, 0.29) is 24.3 Å². The molecular formula is C19H31N5O2. The number of piperazine rings is 1. The van der Waals surface area contributed by atoms with Gasteiger partial charge in [-0.2, -0.15) is 5.10 Å². The number of carbonyl (C=O) groups is 2. The molecule has 2 N–H and O–H groups in total. The van der Waals surface area contributed by atoms with Crippen molar-refractivity contribution < 1.29 is 9.59 Å². The maximum absolute atomic E-state index is 12.4. The molecule has 7 nitrogen and oxygen atoms in total. The van der Waals surface area contributed by atoms with Crippen molar-refractivity contribution in [3.05, 3.63) is 18.0 Å². The molecule has 1 atom stereocenters. The van der Waals surface area contributed by atoms with E-state index in [1.54, 1.807) is 4.68 Å². The largest absolute Gasteiger partial charge is 0.356 e. The van der Waals surface area contributed by atoms with Gasteiger partial charge in [0.15, 0.2) is 0 Å². The summed E-state index contributed by atoms with van der Waals surface area (Å²) in [5.41, 5.74) is 1.10. The first-order chi connectivity index (χ1) is 12.6. The summed E-state index contributed by atoms with van der Waals surface area (Å²) in [5.74, 6) is 0.616. The zero-order valence-electron chi connectivity index (χ0n) is 15.7. The zero-order valence-corrected chi connectivity index (χ0v) is 15.7. The molecule has 1 aliphatic carbocycles. The fraction of sp³-hybridized carbons (Fsp3) is 0.737. The monoisotopic (exact) mass is 361 g/mol. The van der Waals surface area contributed by atoms with Gasteiger partial charge in [-0.3, -0.25) is 19.2 Å². The Labute approximate surface area is 155 Å². The minimum Gasteiger partial charge on any atom is -0.356 e. The summed E-state index contributed by atoms with van der Waals surface area (Å²) in [5, 5.41) is 10.00. The first-order valence-electron chi connectivity index (χ1n) is 9.88. The highest BCUT2D eigenvalue weighted by Crippen LogP contribution is 2.25. The van der Waals surface area contributed by atoms with Gasteiger partial charge >= 0.3 is 0 Å². The normalized spacial score (nSPS) is 22.2. The van der Waals surface area contributed by atoms with E-state index in [4.69, 9.17) is 0 Å². The van der Waals surface area contributed by atoms with E-state index in [1.807, 2.05) is 19.4 Å². The predicted molar refractivity (Wildman–Crippen MR) is 99.5 cm³/mol. The lowest BCUT2D eigenvalue weighted by atomic mass is 9.88. The number of hydrogen-bond donors (Lipinski definition) is 2. The van der Waals surface area contributed by atoms with Crippen LogP contribution in [0.1, 0.15) is 44.1 Å². The molecule has 144 valence electrons. The summed E-state index contributed by atoms with van der Waals surface area (Å²) in [7, 11) is 1.88. The van der Waals surface area contributed by atoms with Gasteiger partial charge in [-0.25, -0.2) is 0 Å². The maximum Gasteiger partial charge on any atom is 0.237 e. The molecule has 1 aromatic rings. The van der Waals surface area contributed by atoms with Crippen molar-refractivity contribution in [2.75, 3.05) is 26.2 Å². The quantitative estimate of drug-likeness (QED) is 0.755. The van der Waals surface area contributed by atoms with E-state index in [2.05, 4.69) is 20.6 Å². The Morgan fingerprint density at radius 3 is 2.88 bits per heavy atom. The Hall–Kier alpha value is -1.89. The first kappa shape index (κ1) is 18.9. The van der Waals surface area contributed by atoms with Crippen LogP contribution < -0.4 is 10.6 Å². The number of carbonyl (C=O) groups excluding carboxylic acids is 2. The molecule has 2 fully saturated rings. The highest BCUT2D eigenvalue weighted by molar-refractivity contribution is 5.88. The number of nitrogens with zero attached hydrogens (tertiary/aromatic N) is 3. The van der Waals surface area contributed by atoms with Crippen LogP contribution in [0.4, 0.5) is 0 Å². The summed E-state index contributed by atoms with van der Waals surface area (Å²) in [6.45, 7) is 3.04. The van der Waals surface area contributed by atoms with E-state index in [0.29, 0.717) is 19.0 Å². The summed E-state index contributed by atoms with van der Waals surface area (Å²) in [6.07, 6.45) is 11.2. The molecule has 7 heteroatoms. The highest BCUT2D eigenvalue weighted by Gasteiger charge is 2.33. The molecule has 0 aromatic carbocycles. The lowest BCUT2D eigenvalue weighted by molar-refractivity contribution is -0.134. The Morgan fingerprint density at radius 1 is 1.35 bits per heavy atom. The van der Waals surface area contributed by atoms with Crippen molar-refractivity contribution >= 4 is 11.8 Å². The second-order valence-corrected chi connectivity index (χ2v) is 7.63. The number of amides is 2. The Morgan fingerprint density at radius 2 is 2.15 bits per heavy atom. The topological polar surface area (TPSA) is 79.3 Å². The van der Waals surface area contributed by atoms with Crippen molar-refractivity contribution in [1.82, 2.24) is 25.3 Å². The van der Waals surface area contributed by atoms with Crippen LogP contribution in [0.2, 0.25) is 0 Å². The van der Waals surface area contributed by atoms with Gasteiger partial charge in [0, 0.05) is 39.4 Å². The van der Waals surface area contributed by atoms with Crippen LogP contribution in [-0.2, 0) is 23.1 Å². The van der Waals surface area contributed by atoms with E-state index >= 15 is 0 Å². The van der Waals surface area contributed by atoms with Gasteiger partial charge in [0.2, 0.25) is 11.8 Å². The number of rotatable bonds is 7. The minimum atomic E-state index is -0.330. The second-order valence-electron chi connectivity index (χ2n) is 7.63. The van der Waals surface area contributed by atoms with E-state index in [9.17, 15) is 9.59 Å². The van der Waals surface area contributed by atoms with Crippen LogP contribution >= 0.6 is 0 Å². The number of hydrogen-bond acceptors (Lipinski definition) is 4. The molecule has 2 amide bonds. The van der Waals surface area contributed by atoms with Gasteiger partial charge in [-0.15, -0.1) is 0 Å². The smallest absolute Gasteiger partial charge is 0.237 e. The van der Waals surface area contributed by atoms with E-state index in [0.717, 1.165) is 25.1 Å². The van der Waals surface area contributed by atoms with E-state index in [1.165, 1.54) is 32.1 Å². The molecule has 2 aliphatic rings. The Bertz CT molecular complexity index is 609. The standard InChI is InChI=1S/C19H31N5O2/c1-23-13-16(12-22-23)7-8-20-18(25)11-17-19(26)21-9-10-24(17)14-15-5-3-2-4-6-15/h12-13,15,17H,2-11,14H2,1H3,(H,20,25)(H,21,26)/t17-/m0/s1. The van der Waals surface area contributed by atoms with Gasteiger partial charge in [-0.1, -0.05) is 19.3 Å². The van der Waals surface area contributed by atoms with Crippen molar-refractivity contribution in [1.29, 1.82) is 0 Å². The molecule has 1 aliphatic heterocycles. The van der Waals surface area contributed by atoms with Gasteiger partial charge in [-0.05, 0) is 30.7 Å². The summed E-state index contributed by atoms with van der Waals surface area (Å²) < 4.78 is 1.76. The second kappa shape index (κ2) is 9.16. The molecule has 0 unspecified atom stereocenters. The van der Waals surface area contributed by atoms with Gasteiger partial charge in [0.25, 0.3) is 0 Å². The van der Waals surface area contributed by atoms with Crippen LogP contribution in [0, 0.1) is 5.92 Å². The van der Waals surface area contributed by atoms with Crippen LogP contribution in [0.5, 0.6) is 0 Å². The van der Waals surface area contributed by atoms with Gasteiger partial charge in [0.1, 0.15) is 0 Å². The molecule has 1 saturated heterocycles. The molecule has 1 aromatic heterocycles. The molecule has 0 radical (unpaired) electrons. The molecule has 1 saturated carbocycles. The molecule has 3 rings (SSSR count). The van der Waals surface area contributed by atoms with Crippen LogP contribution in [0.25, 0.3) is 0 Å². The molecular weight excluding hydrogens is 330 g/mol. The fourth-order valence-corrected chi connectivity index (χ4v) is 4.10. The van der Waals surface area contributed by atoms with E-state index < -0.39 is 0 Å². The fourth-order valence-electron chi connectivity index (χ4n) is 4.10. The van der Waals surface area contributed by atoms with Crippen LogP contribution in [-0.4, -0.2) is 58.7 Å². The first-order valence-corrected chi connectivity index (χ1v) is 9.88. The Balaban J connectivity index is 1.47. The summed E-state index contributed by atoms with van der Waals surface area (Å²) in [6, 6.07) is -0.330. The SMILES string of the molecule is Cn1cc(CCNC(=O)C[C@H]2C(=O)NCCN2CC2CCCCC2)cn1. The third-order valence-corrected chi connectivity index (χ3v) is 5.53. The van der Waals surface area contributed by atoms with Crippen LogP contribution in [0.3, 0.4) is 0 Å². The highest BCUT2D eigenvalue weighted by atomic mass is 16.2. The third-order valence-electron chi connectivity index (χ3n) is 5.53. The number of aryl methyl sites for hydroxylation is 1.